The van der Waals surface area contributed by atoms with Crippen LogP contribution < -0.4 is 0 Å². The van der Waals surface area contributed by atoms with Crippen molar-refractivity contribution in [2.75, 3.05) is 6.61 Å². The summed E-state index contributed by atoms with van der Waals surface area (Å²) in [6.07, 6.45) is 2.99. The highest BCUT2D eigenvalue weighted by Gasteiger charge is 2.12. The van der Waals surface area contributed by atoms with Crippen molar-refractivity contribution in [3.8, 4) is 0 Å². The molecule has 0 aliphatic heterocycles. The van der Waals surface area contributed by atoms with Gasteiger partial charge in [-0.05, 0) is 30.7 Å². The number of hydrogen-bond donors (Lipinski definition) is 0. The van der Waals surface area contributed by atoms with E-state index in [0.29, 0.717) is 6.73 Å². The van der Waals surface area contributed by atoms with Crippen molar-refractivity contribution in [2.45, 2.75) is 39.3 Å². The number of rotatable bonds is 5. The third-order valence-corrected chi connectivity index (χ3v) is 4.63. The van der Waals surface area contributed by atoms with Gasteiger partial charge in [0.1, 0.15) is 6.73 Å². The lowest BCUT2D eigenvalue weighted by atomic mass is 10.2. The summed E-state index contributed by atoms with van der Waals surface area (Å²) in [5.41, 5.74) is 3.30. The zero-order chi connectivity index (χ0) is 13.2. The second-order valence-electron chi connectivity index (χ2n) is 5.98. The molecule has 0 spiro atoms. The molecule has 0 saturated carbocycles. The van der Waals surface area contributed by atoms with Gasteiger partial charge >= 0.3 is 0 Å². The van der Waals surface area contributed by atoms with Crippen molar-refractivity contribution in [2.24, 2.45) is 0 Å². The van der Waals surface area contributed by atoms with Crippen LogP contribution in [0.1, 0.15) is 5.56 Å². The predicted molar refractivity (Wildman–Crippen MR) is 77.4 cm³/mol. The Kier molecular flexibility index (Phi) is 3.87. The van der Waals surface area contributed by atoms with Gasteiger partial charge in [0.15, 0.2) is 6.33 Å². The molecular formula is C14H21N2OSi. The second kappa shape index (κ2) is 5.24. The molecular weight excluding hydrogens is 240 g/mol. The van der Waals surface area contributed by atoms with Gasteiger partial charge in [-0.15, -0.1) is 0 Å². The predicted octanol–water partition coefficient (Wildman–Crippen LogP) is 3.46. The third kappa shape index (κ3) is 3.43. The molecule has 0 bridgehead atoms. The van der Waals surface area contributed by atoms with E-state index in [1.54, 1.807) is 0 Å². The molecule has 0 aliphatic rings. The molecule has 0 fully saturated rings. The van der Waals surface area contributed by atoms with Gasteiger partial charge in [0.05, 0.1) is 11.0 Å². The van der Waals surface area contributed by atoms with Gasteiger partial charge in [-0.1, -0.05) is 25.7 Å². The highest BCUT2D eigenvalue weighted by Crippen LogP contribution is 2.14. The van der Waals surface area contributed by atoms with Crippen LogP contribution in [0.25, 0.3) is 11.0 Å². The number of hydrogen-bond acceptors (Lipinski definition) is 2. The standard InChI is InChI=1S/C14H21N2OSi/c1-12-5-6-14-13(9-12)15-10-16(14)11-17-7-8-18(2,3)4/h5-6,9H,7-8,11H2,1-4H3. The molecule has 1 aromatic carbocycles. The van der Waals surface area contributed by atoms with Gasteiger partial charge < -0.3 is 4.74 Å². The summed E-state index contributed by atoms with van der Waals surface area (Å²) >= 11 is 0. The first kappa shape index (κ1) is 13.3. The molecule has 18 heavy (non-hydrogen) atoms. The van der Waals surface area contributed by atoms with E-state index in [-0.39, 0.29) is 0 Å². The summed E-state index contributed by atoms with van der Waals surface area (Å²) in [7, 11) is -1.00. The van der Waals surface area contributed by atoms with Crippen molar-refractivity contribution in [3.05, 3.63) is 30.1 Å². The maximum atomic E-state index is 5.72. The monoisotopic (exact) mass is 261 g/mol. The molecule has 3 nitrogen and oxygen atoms in total. The number of aromatic nitrogens is 2. The van der Waals surface area contributed by atoms with E-state index >= 15 is 0 Å². The second-order valence-corrected chi connectivity index (χ2v) is 11.6. The highest BCUT2D eigenvalue weighted by molar-refractivity contribution is 6.76. The molecule has 2 aromatic rings. The molecule has 1 radical (unpaired) electrons. The Hall–Kier alpha value is -1.13. The zero-order valence-corrected chi connectivity index (χ0v) is 12.7. The van der Waals surface area contributed by atoms with E-state index in [1.165, 1.54) is 11.6 Å². The Balaban J connectivity index is 1.96. The minimum absolute atomic E-state index is 0.546. The van der Waals surface area contributed by atoms with Gasteiger partial charge in [0, 0.05) is 14.7 Å². The topological polar surface area (TPSA) is 27.1 Å². The minimum atomic E-state index is -1.00. The first-order valence-corrected chi connectivity index (χ1v) is 10.1. The van der Waals surface area contributed by atoms with Crippen molar-refractivity contribution < 1.29 is 4.74 Å². The average Bonchev–Trinajstić information content (AvgIpc) is 2.65. The first-order chi connectivity index (χ1) is 8.46. The number of fused-ring (bicyclic) bond motifs is 1. The maximum Gasteiger partial charge on any atom is 0.179 e. The van der Waals surface area contributed by atoms with Gasteiger partial charge in [-0.25, -0.2) is 4.98 Å². The Labute approximate surface area is 110 Å². The molecule has 97 valence electrons. The Morgan fingerprint density at radius 1 is 1.33 bits per heavy atom. The molecule has 0 N–H and O–H groups in total. The lowest BCUT2D eigenvalue weighted by molar-refractivity contribution is 0.0893. The Morgan fingerprint density at radius 2 is 2.11 bits per heavy atom. The highest BCUT2D eigenvalue weighted by atomic mass is 28.3. The van der Waals surface area contributed by atoms with E-state index in [1.807, 2.05) is 4.57 Å². The van der Waals surface area contributed by atoms with E-state index < -0.39 is 8.07 Å². The van der Waals surface area contributed by atoms with Gasteiger partial charge in [0.25, 0.3) is 0 Å². The van der Waals surface area contributed by atoms with Crippen LogP contribution in [0.3, 0.4) is 0 Å². The Morgan fingerprint density at radius 3 is 2.83 bits per heavy atom. The molecule has 0 unspecified atom stereocenters. The first-order valence-electron chi connectivity index (χ1n) is 6.38. The molecule has 1 aromatic heterocycles. The fourth-order valence-corrected chi connectivity index (χ4v) is 2.51. The van der Waals surface area contributed by atoms with E-state index in [9.17, 15) is 0 Å². The summed E-state index contributed by atoms with van der Waals surface area (Å²) in [6.45, 7) is 10.5. The molecule has 1 heterocycles. The molecule has 0 aliphatic carbocycles. The minimum Gasteiger partial charge on any atom is -0.361 e. The van der Waals surface area contributed by atoms with E-state index in [0.717, 1.165) is 17.6 Å². The number of nitrogens with zero attached hydrogens (tertiary/aromatic N) is 2. The van der Waals surface area contributed by atoms with Gasteiger partial charge in [-0.2, -0.15) is 0 Å². The number of ether oxygens (including phenoxy) is 1. The summed E-state index contributed by atoms with van der Waals surface area (Å²) in [6, 6.07) is 7.44. The van der Waals surface area contributed by atoms with Crippen LogP contribution >= 0.6 is 0 Å². The largest absolute Gasteiger partial charge is 0.361 e. The summed E-state index contributed by atoms with van der Waals surface area (Å²) in [5.74, 6) is 0. The van der Waals surface area contributed by atoms with Gasteiger partial charge in [0.2, 0.25) is 0 Å². The van der Waals surface area contributed by atoms with Crippen LogP contribution in [-0.2, 0) is 11.5 Å². The molecule has 0 amide bonds. The van der Waals surface area contributed by atoms with Crippen LogP contribution in [0.4, 0.5) is 0 Å². The van der Waals surface area contributed by atoms with Gasteiger partial charge in [-0.3, -0.25) is 4.57 Å². The van der Waals surface area contributed by atoms with E-state index in [2.05, 4.69) is 56.1 Å². The lowest BCUT2D eigenvalue weighted by Crippen LogP contribution is -2.21. The SMILES string of the molecule is Cc1ccc2c(c1)n[c]n2COCC[Si](C)(C)C. The van der Waals surface area contributed by atoms with Crippen LogP contribution in [0.5, 0.6) is 0 Å². The van der Waals surface area contributed by atoms with E-state index in [4.69, 9.17) is 4.74 Å². The van der Waals surface area contributed by atoms with Crippen LogP contribution in [0.2, 0.25) is 25.7 Å². The summed E-state index contributed by atoms with van der Waals surface area (Å²) in [4.78, 5) is 4.27. The van der Waals surface area contributed by atoms with Crippen LogP contribution in [0, 0.1) is 13.3 Å². The fraction of sp³-hybridized carbons (Fsp3) is 0.500. The van der Waals surface area contributed by atoms with Crippen molar-refractivity contribution in [1.82, 2.24) is 9.55 Å². The zero-order valence-electron chi connectivity index (χ0n) is 11.7. The third-order valence-electron chi connectivity index (χ3n) is 2.93. The van der Waals surface area contributed by atoms with Crippen molar-refractivity contribution in [3.63, 3.8) is 0 Å². The number of aryl methyl sites for hydroxylation is 1. The van der Waals surface area contributed by atoms with Crippen LogP contribution in [-0.4, -0.2) is 24.2 Å². The van der Waals surface area contributed by atoms with Crippen molar-refractivity contribution >= 4 is 19.1 Å². The summed E-state index contributed by atoms with van der Waals surface area (Å²) < 4.78 is 7.66. The average molecular weight is 261 g/mol. The molecule has 0 saturated heterocycles. The molecule has 2 rings (SSSR count). The lowest BCUT2D eigenvalue weighted by Gasteiger charge is -2.15. The Bertz CT molecular complexity index is 528. The fourth-order valence-electron chi connectivity index (χ4n) is 1.75. The molecule has 4 heteroatoms. The molecule has 0 atom stereocenters. The quantitative estimate of drug-likeness (QED) is 0.609. The van der Waals surface area contributed by atoms with Crippen LogP contribution in [0.15, 0.2) is 18.2 Å². The number of benzene rings is 1. The van der Waals surface area contributed by atoms with Crippen molar-refractivity contribution in [1.29, 1.82) is 0 Å². The summed E-state index contributed by atoms with van der Waals surface area (Å²) in [5, 5.41) is 0. The normalized spacial score (nSPS) is 12.2. The number of imidazole rings is 1. The maximum absolute atomic E-state index is 5.72. The smallest absolute Gasteiger partial charge is 0.179 e.